The Bertz CT molecular complexity index is 1010. The Morgan fingerprint density at radius 3 is 2.71 bits per heavy atom. The van der Waals surface area contributed by atoms with Crippen molar-refractivity contribution >= 4 is 43.3 Å². The van der Waals surface area contributed by atoms with Gasteiger partial charge in [-0.25, -0.2) is 4.98 Å². The van der Waals surface area contributed by atoms with Gasteiger partial charge in [0.25, 0.3) is 0 Å². The number of aromatic nitrogens is 2. The highest BCUT2D eigenvalue weighted by Gasteiger charge is 2.15. The molecule has 0 bridgehead atoms. The molecule has 0 saturated heterocycles. The zero-order valence-corrected chi connectivity index (χ0v) is 14.0. The predicted octanol–water partition coefficient (Wildman–Crippen LogP) is 5.78. The monoisotopic (exact) mass is 336 g/mol. The summed E-state index contributed by atoms with van der Waals surface area (Å²) >= 11 is 1.48. The molecule has 0 aliphatic rings. The Balaban J connectivity index is 1.80. The Morgan fingerprint density at radius 1 is 1.08 bits per heavy atom. The van der Waals surface area contributed by atoms with Crippen LogP contribution >= 0.6 is 11.3 Å². The third-order valence-electron chi connectivity index (χ3n) is 3.88. The fourth-order valence-electron chi connectivity index (χ4n) is 2.82. The summed E-state index contributed by atoms with van der Waals surface area (Å²) in [6.07, 6.45) is 0.931. The smallest absolute Gasteiger partial charge is 0.231 e. The molecule has 0 atom stereocenters. The third kappa shape index (κ3) is 2.45. The van der Waals surface area contributed by atoms with Gasteiger partial charge in [-0.1, -0.05) is 48.6 Å². The van der Waals surface area contributed by atoms with Crippen molar-refractivity contribution in [2.24, 2.45) is 10.2 Å². The van der Waals surface area contributed by atoms with Gasteiger partial charge in [0.05, 0.1) is 15.7 Å². The van der Waals surface area contributed by atoms with E-state index in [1.807, 2.05) is 53.1 Å². The average Bonchev–Trinajstić information content (AvgIpc) is 3.13. The number of fused-ring (bicyclic) bond motifs is 2. The summed E-state index contributed by atoms with van der Waals surface area (Å²) < 4.78 is 2.95. The summed E-state index contributed by atoms with van der Waals surface area (Å²) in [6, 6.07) is 15.7. The number of thiazole rings is 1. The SMILES string of the molecule is CCCn1c(O)c(N=Nc2nc3ccccc3s2)c2ccccc21. The van der Waals surface area contributed by atoms with E-state index in [9.17, 15) is 5.11 Å². The number of azo groups is 1. The van der Waals surface area contributed by atoms with Gasteiger partial charge in [-0.05, 0) is 24.6 Å². The van der Waals surface area contributed by atoms with Gasteiger partial charge in [0.2, 0.25) is 11.0 Å². The number of rotatable bonds is 4. The second-order valence-electron chi connectivity index (χ2n) is 5.51. The molecule has 0 fully saturated rings. The van der Waals surface area contributed by atoms with Crippen molar-refractivity contribution in [2.75, 3.05) is 0 Å². The van der Waals surface area contributed by atoms with Crippen molar-refractivity contribution in [1.82, 2.24) is 9.55 Å². The maximum Gasteiger partial charge on any atom is 0.231 e. The quantitative estimate of drug-likeness (QED) is 0.480. The fraction of sp³-hybridized carbons (Fsp3) is 0.167. The lowest BCUT2D eigenvalue weighted by atomic mass is 10.2. The number of para-hydroxylation sites is 2. The van der Waals surface area contributed by atoms with Crippen LogP contribution in [0.25, 0.3) is 21.1 Å². The number of benzene rings is 2. The number of hydrogen-bond acceptors (Lipinski definition) is 5. The van der Waals surface area contributed by atoms with Crippen LogP contribution in [-0.4, -0.2) is 14.7 Å². The molecule has 5 nitrogen and oxygen atoms in total. The molecule has 2 aromatic heterocycles. The molecule has 2 aromatic carbocycles. The molecule has 6 heteroatoms. The van der Waals surface area contributed by atoms with Crippen molar-refractivity contribution < 1.29 is 5.11 Å². The second-order valence-corrected chi connectivity index (χ2v) is 6.51. The van der Waals surface area contributed by atoms with Crippen LogP contribution in [0.3, 0.4) is 0 Å². The van der Waals surface area contributed by atoms with Crippen LogP contribution in [0, 0.1) is 0 Å². The summed E-state index contributed by atoms with van der Waals surface area (Å²) in [4.78, 5) is 4.45. The zero-order chi connectivity index (χ0) is 16.5. The molecule has 4 aromatic rings. The molecule has 0 radical (unpaired) electrons. The normalized spacial score (nSPS) is 11.9. The maximum absolute atomic E-state index is 10.6. The van der Waals surface area contributed by atoms with Crippen LogP contribution in [0.1, 0.15) is 13.3 Å². The molecule has 120 valence electrons. The molecule has 1 N–H and O–H groups in total. The van der Waals surface area contributed by atoms with Crippen molar-refractivity contribution in [1.29, 1.82) is 0 Å². The Labute approximate surface area is 142 Å². The van der Waals surface area contributed by atoms with Gasteiger partial charge in [-0.15, -0.1) is 10.2 Å². The van der Waals surface area contributed by atoms with E-state index in [4.69, 9.17) is 0 Å². The lowest BCUT2D eigenvalue weighted by molar-refractivity contribution is 0.421. The van der Waals surface area contributed by atoms with Gasteiger partial charge >= 0.3 is 0 Å². The van der Waals surface area contributed by atoms with Crippen molar-refractivity contribution in [3.8, 4) is 5.88 Å². The fourth-order valence-corrected chi connectivity index (χ4v) is 3.60. The van der Waals surface area contributed by atoms with Crippen LogP contribution in [0.15, 0.2) is 58.8 Å². The van der Waals surface area contributed by atoms with E-state index in [2.05, 4.69) is 22.1 Å². The van der Waals surface area contributed by atoms with Gasteiger partial charge in [0.15, 0.2) is 5.69 Å². The van der Waals surface area contributed by atoms with Crippen molar-refractivity contribution in [3.63, 3.8) is 0 Å². The predicted molar refractivity (Wildman–Crippen MR) is 97.7 cm³/mol. The topological polar surface area (TPSA) is 62.8 Å². The van der Waals surface area contributed by atoms with E-state index in [-0.39, 0.29) is 5.88 Å². The minimum Gasteiger partial charge on any atom is -0.493 e. The molecule has 0 amide bonds. The molecule has 4 rings (SSSR count). The molecule has 0 saturated carbocycles. The maximum atomic E-state index is 10.6. The van der Waals surface area contributed by atoms with Gasteiger partial charge < -0.3 is 9.67 Å². The third-order valence-corrected chi connectivity index (χ3v) is 4.80. The first-order valence-corrected chi connectivity index (χ1v) is 8.67. The molecule has 0 unspecified atom stereocenters. The molecule has 0 aliphatic carbocycles. The van der Waals surface area contributed by atoms with Crippen LogP contribution in [0.2, 0.25) is 0 Å². The van der Waals surface area contributed by atoms with E-state index in [0.29, 0.717) is 10.8 Å². The molecular weight excluding hydrogens is 320 g/mol. The standard InChI is InChI=1S/C18H16N4OS/c1-2-11-22-14-9-5-3-7-12(14)16(17(22)23)20-21-18-19-13-8-4-6-10-15(13)24-18/h3-10,23H,2,11H2,1H3. The Morgan fingerprint density at radius 2 is 1.88 bits per heavy atom. The zero-order valence-electron chi connectivity index (χ0n) is 13.2. The largest absolute Gasteiger partial charge is 0.493 e. The molecule has 0 spiro atoms. The number of hydrogen-bond donors (Lipinski definition) is 1. The van der Waals surface area contributed by atoms with Gasteiger partial charge in [-0.3, -0.25) is 0 Å². The van der Waals surface area contributed by atoms with Gasteiger partial charge in [0.1, 0.15) is 0 Å². The van der Waals surface area contributed by atoms with E-state index < -0.39 is 0 Å². The number of nitrogens with zero attached hydrogens (tertiary/aromatic N) is 4. The average molecular weight is 336 g/mol. The lowest BCUT2D eigenvalue weighted by Crippen LogP contribution is -1.94. The second kappa shape index (κ2) is 6.05. The van der Waals surface area contributed by atoms with E-state index in [1.165, 1.54) is 11.3 Å². The minimum absolute atomic E-state index is 0.155. The van der Waals surface area contributed by atoms with Crippen molar-refractivity contribution in [3.05, 3.63) is 48.5 Å². The summed E-state index contributed by atoms with van der Waals surface area (Å²) in [5.74, 6) is 0.155. The van der Waals surface area contributed by atoms with Crippen LogP contribution < -0.4 is 0 Å². The number of aryl methyl sites for hydroxylation is 1. The summed E-state index contributed by atoms with van der Waals surface area (Å²) in [7, 11) is 0. The van der Waals surface area contributed by atoms with E-state index in [0.717, 1.165) is 34.1 Å². The summed E-state index contributed by atoms with van der Waals surface area (Å²) in [6.45, 7) is 2.82. The summed E-state index contributed by atoms with van der Waals surface area (Å²) in [5, 5.41) is 20.6. The van der Waals surface area contributed by atoms with Crippen LogP contribution in [0.5, 0.6) is 5.88 Å². The Hall–Kier alpha value is -2.73. The first-order valence-electron chi connectivity index (χ1n) is 7.85. The van der Waals surface area contributed by atoms with Gasteiger partial charge in [0, 0.05) is 11.9 Å². The molecule has 0 aliphatic heterocycles. The molecule has 24 heavy (non-hydrogen) atoms. The first kappa shape index (κ1) is 14.8. The minimum atomic E-state index is 0.155. The highest BCUT2D eigenvalue weighted by molar-refractivity contribution is 7.21. The van der Waals surface area contributed by atoms with E-state index in [1.54, 1.807) is 0 Å². The van der Waals surface area contributed by atoms with Crippen LogP contribution in [-0.2, 0) is 6.54 Å². The van der Waals surface area contributed by atoms with Gasteiger partial charge in [-0.2, -0.15) is 0 Å². The highest BCUT2D eigenvalue weighted by atomic mass is 32.1. The Kier molecular flexibility index (Phi) is 3.74. The molecule has 2 heterocycles. The molecular formula is C18H16N4OS. The number of aromatic hydroxyl groups is 1. The highest BCUT2D eigenvalue weighted by Crippen LogP contribution is 2.40. The van der Waals surface area contributed by atoms with E-state index >= 15 is 0 Å². The van der Waals surface area contributed by atoms with Crippen molar-refractivity contribution in [2.45, 2.75) is 19.9 Å². The first-order chi connectivity index (χ1) is 11.8. The lowest BCUT2D eigenvalue weighted by Gasteiger charge is -2.03. The summed E-state index contributed by atoms with van der Waals surface area (Å²) in [5.41, 5.74) is 2.38. The van der Waals surface area contributed by atoms with Crippen LogP contribution in [0.4, 0.5) is 10.8 Å².